The molecule has 582 valence electrons. The summed E-state index contributed by atoms with van der Waals surface area (Å²) in [5.41, 5.74) is 0. The molecule has 98 heavy (non-hydrogen) atoms. The maximum Gasteiger partial charge on any atom is 0.472 e. The Bertz CT molecular complexity index is 1890. The summed E-state index contributed by atoms with van der Waals surface area (Å²) < 4.78 is 68.6. The van der Waals surface area contributed by atoms with Crippen LogP contribution in [0.1, 0.15) is 414 Å². The molecule has 17 nitrogen and oxygen atoms in total. The molecule has 0 aromatic carbocycles. The molecule has 0 amide bonds. The molecule has 3 unspecified atom stereocenters. The Balaban J connectivity index is 5.24. The largest absolute Gasteiger partial charge is 0.472 e. The Hall–Kier alpha value is -1.94. The van der Waals surface area contributed by atoms with E-state index in [0.29, 0.717) is 25.7 Å². The molecule has 0 bridgehead atoms. The maximum atomic E-state index is 13.1. The third-order valence-electron chi connectivity index (χ3n) is 18.8. The molecule has 0 rings (SSSR count). The highest BCUT2D eigenvalue weighted by atomic mass is 31.2. The van der Waals surface area contributed by atoms with E-state index in [1.807, 2.05) is 0 Å². The van der Waals surface area contributed by atoms with Crippen LogP contribution in [0, 0.1) is 11.8 Å². The minimum Gasteiger partial charge on any atom is -0.462 e. The minimum atomic E-state index is -4.96. The molecular weight excluding hydrogens is 1280 g/mol. The van der Waals surface area contributed by atoms with E-state index in [2.05, 4.69) is 41.5 Å². The summed E-state index contributed by atoms with van der Waals surface area (Å²) in [5, 5.41) is 10.6. The SMILES string of the molecule is CCCCCCCCCCCCCCCCCCCCCCC(=O)O[C@H](COC(=O)CCCCCCCCCCCCCCCC)COP(=O)(O)OC[C@@H](O)COP(=O)(O)OC[C@@H](COC(=O)CCCCCCCCCCC(C)CC)OC(=O)CCCCCCCCCCCC(C)C. The first-order valence-electron chi connectivity index (χ1n) is 41.0. The van der Waals surface area contributed by atoms with Gasteiger partial charge in [-0.3, -0.25) is 37.3 Å². The first-order valence-corrected chi connectivity index (χ1v) is 44.0. The van der Waals surface area contributed by atoms with Gasteiger partial charge in [-0.2, -0.15) is 0 Å². The summed E-state index contributed by atoms with van der Waals surface area (Å²) in [6.45, 7) is 9.60. The molecule has 0 radical (unpaired) electrons. The van der Waals surface area contributed by atoms with Crippen LogP contribution in [0.15, 0.2) is 0 Å². The third-order valence-corrected chi connectivity index (χ3v) is 20.7. The van der Waals surface area contributed by atoms with Crippen molar-refractivity contribution in [1.29, 1.82) is 0 Å². The van der Waals surface area contributed by atoms with Crippen LogP contribution in [0.4, 0.5) is 0 Å². The highest BCUT2D eigenvalue weighted by Crippen LogP contribution is 2.45. The van der Waals surface area contributed by atoms with E-state index in [1.54, 1.807) is 0 Å². The Labute approximate surface area is 600 Å². The Kier molecular flexibility index (Phi) is 69.3. The van der Waals surface area contributed by atoms with Crippen molar-refractivity contribution in [3.63, 3.8) is 0 Å². The van der Waals surface area contributed by atoms with Crippen molar-refractivity contribution in [2.45, 2.75) is 432 Å². The lowest BCUT2D eigenvalue weighted by Crippen LogP contribution is -2.30. The summed E-state index contributed by atoms with van der Waals surface area (Å²) in [6, 6.07) is 0. The molecule has 0 spiro atoms. The van der Waals surface area contributed by atoms with Gasteiger partial charge in [0.05, 0.1) is 26.4 Å². The first kappa shape index (κ1) is 96.1. The number of carbonyl (C=O) groups is 4. The van der Waals surface area contributed by atoms with E-state index in [9.17, 15) is 43.2 Å². The van der Waals surface area contributed by atoms with Crippen LogP contribution in [-0.2, 0) is 65.4 Å². The van der Waals surface area contributed by atoms with Gasteiger partial charge in [-0.1, -0.05) is 363 Å². The summed E-state index contributed by atoms with van der Waals surface area (Å²) in [7, 11) is -9.92. The van der Waals surface area contributed by atoms with Crippen LogP contribution in [0.2, 0.25) is 0 Å². The normalized spacial score (nSPS) is 14.2. The van der Waals surface area contributed by atoms with Gasteiger partial charge >= 0.3 is 39.5 Å². The molecule has 0 heterocycles. The van der Waals surface area contributed by atoms with Crippen molar-refractivity contribution in [3.05, 3.63) is 0 Å². The highest BCUT2D eigenvalue weighted by Gasteiger charge is 2.30. The molecule has 0 aliphatic heterocycles. The fourth-order valence-corrected chi connectivity index (χ4v) is 13.7. The van der Waals surface area contributed by atoms with Crippen molar-refractivity contribution in [2.24, 2.45) is 11.8 Å². The smallest absolute Gasteiger partial charge is 0.462 e. The molecule has 0 saturated carbocycles. The number of hydrogen-bond donors (Lipinski definition) is 3. The molecule has 0 aliphatic rings. The monoisotopic (exact) mass is 1440 g/mol. The maximum absolute atomic E-state index is 13.1. The highest BCUT2D eigenvalue weighted by molar-refractivity contribution is 7.47. The number of aliphatic hydroxyl groups excluding tert-OH is 1. The van der Waals surface area contributed by atoms with Crippen LogP contribution in [-0.4, -0.2) is 96.7 Å². The zero-order valence-electron chi connectivity index (χ0n) is 64.1. The van der Waals surface area contributed by atoms with Crippen molar-refractivity contribution >= 4 is 39.5 Å². The molecule has 19 heteroatoms. The minimum absolute atomic E-state index is 0.105. The molecule has 0 saturated heterocycles. The van der Waals surface area contributed by atoms with Crippen molar-refractivity contribution in [3.8, 4) is 0 Å². The van der Waals surface area contributed by atoms with E-state index in [0.717, 1.165) is 102 Å². The molecule has 0 aliphatic carbocycles. The zero-order valence-corrected chi connectivity index (χ0v) is 65.9. The van der Waals surface area contributed by atoms with Crippen molar-refractivity contribution in [1.82, 2.24) is 0 Å². The number of carbonyl (C=O) groups excluding carboxylic acids is 4. The van der Waals surface area contributed by atoms with Crippen LogP contribution < -0.4 is 0 Å². The number of phosphoric ester groups is 2. The second kappa shape index (κ2) is 70.7. The lowest BCUT2D eigenvalue weighted by Gasteiger charge is -2.21. The van der Waals surface area contributed by atoms with Gasteiger partial charge in [0, 0.05) is 25.7 Å². The Morgan fingerprint density at radius 1 is 0.296 bits per heavy atom. The Morgan fingerprint density at radius 3 is 0.776 bits per heavy atom. The average Bonchev–Trinajstić information content (AvgIpc) is 0.981. The number of rotatable bonds is 78. The Morgan fingerprint density at radius 2 is 0.520 bits per heavy atom. The second-order valence-electron chi connectivity index (χ2n) is 29.2. The fourth-order valence-electron chi connectivity index (χ4n) is 12.2. The van der Waals surface area contributed by atoms with Crippen molar-refractivity contribution in [2.75, 3.05) is 39.6 Å². The lowest BCUT2D eigenvalue weighted by atomic mass is 9.99. The molecule has 0 aromatic rings. The van der Waals surface area contributed by atoms with Gasteiger partial charge < -0.3 is 33.8 Å². The van der Waals surface area contributed by atoms with Gasteiger partial charge in [-0.25, -0.2) is 9.13 Å². The van der Waals surface area contributed by atoms with E-state index in [1.165, 1.54) is 231 Å². The van der Waals surface area contributed by atoms with E-state index < -0.39 is 97.5 Å². The van der Waals surface area contributed by atoms with Gasteiger partial charge in [0.15, 0.2) is 12.2 Å². The summed E-state index contributed by atoms with van der Waals surface area (Å²) in [6.07, 6.45) is 59.6. The number of esters is 4. The quantitative estimate of drug-likeness (QED) is 0.0222. The predicted octanol–water partition coefficient (Wildman–Crippen LogP) is 23.5. The van der Waals surface area contributed by atoms with Gasteiger partial charge in [0.25, 0.3) is 0 Å². The fraction of sp³-hybridized carbons (Fsp3) is 0.949. The standard InChI is InChI=1S/C79H154O17P2/c1-7-10-12-14-16-18-20-22-24-25-26-27-28-29-31-33-37-45-51-57-63-78(83)95-74(67-89-76(81)61-55-49-43-36-32-30-23-21-19-17-15-13-11-8-2)69-93-97(85,86)91-65-73(80)66-92-98(87,88)94-70-75(96-79(84)64-58-52-46-38-34-35-41-47-53-59-71(4)5)68-90-77(82)62-56-50-44-40-39-42-48-54-60-72(6)9-3/h71-75,80H,7-70H2,1-6H3,(H,85,86)(H,87,88)/t72?,73-,74-,75-/m1/s1. The topological polar surface area (TPSA) is 237 Å². The van der Waals surface area contributed by atoms with E-state index in [4.69, 9.17) is 37.0 Å². The van der Waals surface area contributed by atoms with Gasteiger partial charge in [0.2, 0.25) is 0 Å². The number of aliphatic hydroxyl groups is 1. The van der Waals surface area contributed by atoms with Gasteiger partial charge in [0.1, 0.15) is 19.3 Å². The van der Waals surface area contributed by atoms with E-state index in [-0.39, 0.29) is 25.7 Å². The number of ether oxygens (including phenoxy) is 4. The van der Waals surface area contributed by atoms with Crippen LogP contribution in [0.5, 0.6) is 0 Å². The third kappa shape index (κ3) is 71.1. The predicted molar refractivity (Wildman–Crippen MR) is 400 cm³/mol. The summed E-state index contributed by atoms with van der Waals surface area (Å²) in [5.74, 6) is -0.598. The van der Waals surface area contributed by atoms with Crippen LogP contribution in [0.3, 0.4) is 0 Å². The molecule has 6 atom stereocenters. The molecule has 3 N–H and O–H groups in total. The number of unbranched alkanes of at least 4 members (excludes halogenated alkanes) is 47. The number of phosphoric acid groups is 2. The van der Waals surface area contributed by atoms with Gasteiger partial charge in [-0.15, -0.1) is 0 Å². The number of hydrogen-bond acceptors (Lipinski definition) is 15. The van der Waals surface area contributed by atoms with Crippen molar-refractivity contribution < 1.29 is 80.2 Å². The van der Waals surface area contributed by atoms with Crippen LogP contribution >= 0.6 is 15.6 Å². The van der Waals surface area contributed by atoms with E-state index >= 15 is 0 Å². The first-order chi connectivity index (χ1) is 47.4. The van der Waals surface area contributed by atoms with Gasteiger partial charge in [-0.05, 0) is 37.5 Å². The van der Waals surface area contributed by atoms with Crippen LogP contribution in [0.25, 0.3) is 0 Å². The zero-order chi connectivity index (χ0) is 72.1. The average molecular weight is 1440 g/mol. The summed E-state index contributed by atoms with van der Waals surface area (Å²) in [4.78, 5) is 72.9. The molecular formula is C79H154O17P2. The lowest BCUT2D eigenvalue weighted by molar-refractivity contribution is -0.161. The molecule has 0 fully saturated rings. The molecule has 0 aromatic heterocycles. The summed E-state index contributed by atoms with van der Waals surface area (Å²) >= 11 is 0. The second-order valence-corrected chi connectivity index (χ2v) is 32.1.